The Bertz CT molecular complexity index is 633. The SMILES string of the molecule is CCc1cc(NC(=O)C(C)(N)c2ccccc2)ccc1C. The molecule has 1 atom stereocenters. The van der Waals surface area contributed by atoms with Crippen molar-refractivity contribution in [1.82, 2.24) is 0 Å². The lowest BCUT2D eigenvalue weighted by Crippen LogP contribution is -2.45. The van der Waals surface area contributed by atoms with Crippen molar-refractivity contribution in [3.8, 4) is 0 Å². The molecule has 0 spiro atoms. The average Bonchev–Trinajstić information content (AvgIpc) is 2.50. The van der Waals surface area contributed by atoms with Gasteiger partial charge < -0.3 is 11.1 Å². The maximum atomic E-state index is 12.5. The Morgan fingerprint density at radius 2 is 1.86 bits per heavy atom. The highest BCUT2D eigenvalue weighted by atomic mass is 16.2. The molecule has 0 heterocycles. The van der Waals surface area contributed by atoms with E-state index in [1.807, 2.05) is 48.5 Å². The number of nitrogens with one attached hydrogen (secondary N) is 1. The van der Waals surface area contributed by atoms with E-state index in [1.54, 1.807) is 6.92 Å². The Kier molecular flexibility index (Phi) is 4.43. The second-order valence-electron chi connectivity index (χ2n) is 5.52. The van der Waals surface area contributed by atoms with Crippen LogP contribution >= 0.6 is 0 Å². The van der Waals surface area contributed by atoms with Crippen LogP contribution in [0.15, 0.2) is 48.5 Å². The Balaban J connectivity index is 2.21. The van der Waals surface area contributed by atoms with Gasteiger partial charge in [0.15, 0.2) is 0 Å². The summed E-state index contributed by atoms with van der Waals surface area (Å²) in [6, 6.07) is 15.3. The van der Waals surface area contributed by atoms with Crippen LogP contribution in [0, 0.1) is 6.92 Å². The summed E-state index contributed by atoms with van der Waals surface area (Å²) >= 11 is 0. The molecule has 2 rings (SSSR count). The number of benzene rings is 2. The highest BCUT2D eigenvalue weighted by molar-refractivity contribution is 5.98. The van der Waals surface area contributed by atoms with Crippen LogP contribution in [0.3, 0.4) is 0 Å². The van der Waals surface area contributed by atoms with Crippen LogP contribution in [-0.2, 0) is 16.8 Å². The molecular weight excluding hydrogens is 260 g/mol. The molecule has 2 aromatic carbocycles. The third-order valence-electron chi connectivity index (χ3n) is 3.83. The van der Waals surface area contributed by atoms with Gasteiger partial charge in [-0.25, -0.2) is 0 Å². The molecule has 0 fully saturated rings. The van der Waals surface area contributed by atoms with Gasteiger partial charge in [-0.05, 0) is 49.1 Å². The van der Waals surface area contributed by atoms with Crippen LogP contribution < -0.4 is 11.1 Å². The van der Waals surface area contributed by atoms with E-state index >= 15 is 0 Å². The largest absolute Gasteiger partial charge is 0.324 e. The standard InChI is InChI=1S/C18H22N2O/c1-4-14-12-16(11-10-13(14)2)20-17(21)18(3,19)15-8-6-5-7-9-15/h5-12H,4,19H2,1-3H3,(H,20,21). The zero-order valence-corrected chi connectivity index (χ0v) is 12.8. The summed E-state index contributed by atoms with van der Waals surface area (Å²) in [5, 5.41) is 2.92. The van der Waals surface area contributed by atoms with E-state index in [0.717, 1.165) is 17.7 Å². The van der Waals surface area contributed by atoms with Crippen molar-refractivity contribution in [2.45, 2.75) is 32.7 Å². The second kappa shape index (κ2) is 6.10. The Morgan fingerprint density at radius 3 is 2.48 bits per heavy atom. The van der Waals surface area contributed by atoms with E-state index < -0.39 is 5.54 Å². The van der Waals surface area contributed by atoms with E-state index in [2.05, 4.69) is 19.2 Å². The first-order valence-corrected chi connectivity index (χ1v) is 7.20. The molecule has 3 nitrogen and oxygen atoms in total. The Morgan fingerprint density at radius 1 is 1.19 bits per heavy atom. The Hall–Kier alpha value is -2.13. The molecule has 0 aromatic heterocycles. The first kappa shape index (κ1) is 15.3. The van der Waals surface area contributed by atoms with Crippen molar-refractivity contribution in [3.63, 3.8) is 0 Å². The van der Waals surface area contributed by atoms with Gasteiger partial charge in [0.2, 0.25) is 5.91 Å². The molecule has 0 aliphatic carbocycles. The molecule has 3 heteroatoms. The van der Waals surface area contributed by atoms with Crippen molar-refractivity contribution in [1.29, 1.82) is 0 Å². The molecule has 0 aliphatic heterocycles. The molecule has 0 bridgehead atoms. The molecule has 0 radical (unpaired) electrons. The first-order chi connectivity index (χ1) is 9.95. The number of carbonyl (C=O) groups excluding carboxylic acids is 1. The fraction of sp³-hybridized carbons (Fsp3) is 0.278. The van der Waals surface area contributed by atoms with E-state index in [9.17, 15) is 4.79 Å². The summed E-state index contributed by atoms with van der Waals surface area (Å²) < 4.78 is 0. The number of aryl methyl sites for hydroxylation is 2. The van der Waals surface area contributed by atoms with Gasteiger partial charge in [-0.2, -0.15) is 0 Å². The minimum absolute atomic E-state index is 0.209. The van der Waals surface area contributed by atoms with Gasteiger partial charge in [0, 0.05) is 5.69 Å². The van der Waals surface area contributed by atoms with E-state index in [1.165, 1.54) is 11.1 Å². The lowest BCUT2D eigenvalue weighted by molar-refractivity contribution is -0.120. The molecule has 3 N–H and O–H groups in total. The number of hydrogen-bond donors (Lipinski definition) is 2. The van der Waals surface area contributed by atoms with E-state index in [0.29, 0.717) is 0 Å². The molecule has 0 saturated heterocycles. The van der Waals surface area contributed by atoms with Gasteiger partial charge in [-0.3, -0.25) is 4.79 Å². The van der Waals surface area contributed by atoms with E-state index in [-0.39, 0.29) is 5.91 Å². The third kappa shape index (κ3) is 3.31. The summed E-state index contributed by atoms with van der Waals surface area (Å²) in [7, 11) is 0. The monoisotopic (exact) mass is 282 g/mol. The van der Waals surface area contributed by atoms with Gasteiger partial charge in [-0.1, -0.05) is 43.3 Å². The minimum atomic E-state index is -1.06. The molecule has 1 amide bonds. The van der Waals surface area contributed by atoms with Crippen molar-refractivity contribution in [2.24, 2.45) is 5.73 Å². The van der Waals surface area contributed by atoms with Crippen LogP contribution in [0.4, 0.5) is 5.69 Å². The van der Waals surface area contributed by atoms with Crippen LogP contribution in [0.5, 0.6) is 0 Å². The molecule has 2 aromatic rings. The number of hydrogen-bond acceptors (Lipinski definition) is 2. The summed E-state index contributed by atoms with van der Waals surface area (Å²) in [4.78, 5) is 12.5. The maximum absolute atomic E-state index is 12.5. The molecule has 21 heavy (non-hydrogen) atoms. The quantitative estimate of drug-likeness (QED) is 0.903. The first-order valence-electron chi connectivity index (χ1n) is 7.20. The zero-order chi connectivity index (χ0) is 15.5. The molecular formula is C18H22N2O. The van der Waals surface area contributed by atoms with Crippen LogP contribution in [0.1, 0.15) is 30.5 Å². The predicted octanol–water partition coefficient (Wildman–Crippen LogP) is 3.37. The normalized spacial score (nSPS) is 13.5. The van der Waals surface area contributed by atoms with Gasteiger partial charge in [0.1, 0.15) is 5.54 Å². The lowest BCUT2D eigenvalue weighted by atomic mass is 9.92. The van der Waals surface area contributed by atoms with Crippen molar-refractivity contribution >= 4 is 11.6 Å². The number of nitrogens with two attached hydrogens (primary N) is 1. The van der Waals surface area contributed by atoms with Gasteiger partial charge in [-0.15, -0.1) is 0 Å². The fourth-order valence-corrected chi connectivity index (χ4v) is 2.31. The Labute approximate surface area is 126 Å². The number of amides is 1. The van der Waals surface area contributed by atoms with Crippen molar-refractivity contribution in [3.05, 3.63) is 65.2 Å². The van der Waals surface area contributed by atoms with Crippen molar-refractivity contribution in [2.75, 3.05) is 5.32 Å². The minimum Gasteiger partial charge on any atom is -0.324 e. The third-order valence-corrected chi connectivity index (χ3v) is 3.83. The predicted molar refractivity (Wildman–Crippen MR) is 87.2 cm³/mol. The van der Waals surface area contributed by atoms with Crippen LogP contribution in [-0.4, -0.2) is 5.91 Å². The zero-order valence-electron chi connectivity index (χ0n) is 12.8. The maximum Gasteiger partial charge on any atom is 0.248 e. The summed E-state index contributed by atoms with van der Waals surface area (Å²) in [5.74, 6) is -0.209. The summed E-state index contributed by atoms with van der Waals surface area (Å²) in [5.41, 5.74) is 9.20. The van der Waals surface area contributed by atoms with E-state index in [4.69, 9.17) is 5.73 Å². The highest BCUT2D eigenvalue weighted by Gasteiger charge is 2.30. The molecule has 1 unspecified atom stereocenters. The molecule has 110 valence electrons. The van der Waals surface area contributed by atoms with Gasteiger partial charge in [0.05, 0.1) is 0 Å². The lowest BCUT2D eigenvalue weighted by Gasteiger charge is -2.24. The van der Waals surface area contributed by atoms with Crippen LogP contribution in [0.2, 0.25) is 0 Å². The van der Waals surface area contributed by atoms with Gasteiger partial charge >= 0.3 is 0 Å². The number of rotatable bonds is 4. The topological polar surface area (TPSA) is 55.1 Å². The summed E-state index contributed by atoms with van der Waals surface area (Å²) in [6.07, 6.45) is 0.939. The number of carbonyl (C=O) groups is 1. The smallest absolute Gasteiger partial charge is 0.248 e. The second-order valence-corrected chi connectivity index (χ2v) is 5.52. The van der Waals surface area contributed by atoms with Crippen LogP contribution in [0.25, 0.3) is 0 Å². The summed E-state index contributed by atoms with van der Waals surface area (Å²) in [6.45, 7) is 5.90. The van der Waals surface area contributed by atoms with Gasteiger partial charge in [0.25, 0.3) is 0 Å². The highest BCUT2D eigenvalue weighted by Crippen LogP contribution is 2.21. The molecule has 0 aliphatic rings. The average molecular weight is 282 g/mol. The molecule has 0 saturated carbocycles. The number of anilines is 1. The fourth-order valence-electron chi connectivity index (χ4n) is 2.31. The van der Waals surface area contributed by atoms with Crippen molar-refractivity contribution < 1.29 is 4.79 Å².